The molecule has 160 valence electrons. The van der Waals surface area contributed by atoms with Crippen LogP contribution in [-0.2, 0) is 6.54 Å². The number of rotatable bonds is 7. The quantitative estimate of drug-likeness (QED) is 0.610. The molecular formula is C23H31N5OS. The fourth-order valence-corrected chi connectivity index (χ4v) is 5.08. The zero-order valence-electron chi connectivity index (χ0n) is 18.3. The first-order chi connectivity index (χ1) is 14.5. The van der Waals surface area contributed by atoms with Gasteiger partial charge in [-0.05, 0) is 76.4 Å². The van der Waals surface area contributed by atoms with Crippen LogP contribution in [0.1, 0.15) is 47.8 Å². The Balaban J connectivity index is 1.33. The minimum absolute atomic E-state index is 0.311. The maximum Gasteiger partial charge on any atom is 0.213 e. The van der Waals surface area contributed by atoms with Gasteiger partial charge in [0.2, 0.25) is 5.88 Å². The lowest BCUT2D eigenvalue weighted by atomic mass is 9.96. The van der Waals surface area contributed by atoms with Gasteiger partial charge in [-0.2, -0.15) is 0 Å². The van der Waals surface area contributed by atoms with Crippen LogP contribution in [-0.4, -0.2) is 46.6 Å². The maximum atomic E-state index is 5.29. The van der Waals surface area contributed by atoms with Crippen molar-refractivity contribution in [1.82, 2.24) is 25.2 Å². The van der Waals surface area contributed by atoms with Gasteiger partial charge in [-0.15, -0.1) is 11.3 Å². The van der Waals surface area contributed by atoms with E-state index >= 15 is 0 Å². The van der Waals surface area contributed by atoms with Crippen LogP contribution in [0.4, 0.5) is 0 Å². The molecule has 0 saturated carbocycles. The first-order valence-electron chi connectivity index (χ1n) is 10.7. The van der Waals surface area contributed by atoms with Crippen LogP contribution < -0.4 is 10.1 Å². The average Bonchev–Trinajstić information content (AvgIpc) is 3.12. The fourth-order valence-electron chi connectivity index (χ4n) is 4.31. The van der Waals surface area contributed by atoms with E-state index in [9.17, 15) is 0 Å². The lowest BCUT2D eigenvalue weighted by Crippen LogP contribution is -2.41. The molecule has 2 atom stereocenters. The molecule has 7 heteroatoms. The molecule has 4 heterocycles. The van der Waals surface area contributed by atoms with Crippen molar-refractivity contribution < 1.29 is 4.74 Å². The van der Waals surface area contributed by atoms with Gasteiger partial charge < -0.3 is 10.1 Å². The zero-order chi connectivity index (χ0) is 21.1. The van der Waals surface area contributed by atoms with Gasteiger partial charge in [-0.3, -0.25) is 4.90 Å². The van der Waals surface area contributed by atoms with Crippen molar-refractivity contribution in [3.63, 3.8) is 0 Å². The number of piperidine rings is 1. The lowest BCUT2D eigenvalue weighted by molar-refractivity contribution is 0.128. The first-order valence-corrected chi connectivity index (χ1v) is 11.5. The third kappa shape index (κ3) is 4.96. The molecule has 3 aromatic heterocycles. The minimum Gasteiger partial charge on any atom is -0.481 e. The molecular weight excluding hydrogens is 394 g/mol. The number of nitrogens with one attached hydrogen (secondary N) is 1. The molecule has 1 saturated heterocycles. The number of hydrogen-bond donors (Lipinski definition) is 1. The fraction of sp³-hybridized carbons (Fsp3) is 0.522. The number of methoxy groups -OCH3 is 1. The van der Waals surface area contributed by atoms with Crippen LogP contribution in [0.3, 0.4) is 0 Å². The summed E-state index contributed by atoms with van der Waals surface area (Å²) in [7, 11) is 1.67. The average molecular weight is 426 g/mol. The molecule has 30 heavy (non-hydrogen) atoms. The lowest BCUT2D eigenvalue weighted by Gasteiger charge is -2.36. The third-order valence-corrected chi connectivity index (χ3v) is 6.79. The van der Waals surface area contributed by atoms with Crippen LogP contribution >= 0.6 is 11.3 Å². The summed E-state index contributed by atoms with van der Waals surface area (Å²) in [4.78, 5) is 16.4. The summed E-state index contributed by atoms with van der Waals surface area (Å²) in [5.74, 6) is 1.33. The number of thiazole rings is 1. The summed E-state index contributed by atoms with van der Waals surface area (Å²) in [5.41, 5.74) is 4.22. The van der Waals surface area contributed by atoms with Crippen molar-refractivity contribution in [3.8, 4) is 5.88 Å². The molecule has 6 nitrogen and oxygen atoms in total. The second-order valence-electron chi connectivity index (χ2n) is 8.26. The molecule has 0 amide bonds. The SMILES string of the molecule is COc1cc(CNC[C@H]2CCCN(C(C)c3ccc4sc(C)nc4n3)C2)cc(C)n1. The van der Waals surface area contributed by atoms with E-state index in [1.807, 2.05) is 19.9 Å². The highest BCUT2D eigenvalue weighted by Gasteiger charge is 2.25. The Kier molecular flexibility index (Phi) is 6.61. The van der Waals surface area contributed by atoms with Gasteiger partial charge in [-0.1, -0.05) is 0 Å². The summed E-state index contributed by atoms with van der Waals surface area (Å²) in [6.07, 6.45) is 2.50. The van der Waals surface area contributed by atoms with E-state index in [1.54, 1.807) is 18.4 Å². The molecule has 3 aromatic rings. The first kappa shape index (κ1) is 21.2. The number of nitrogens with zero attached hydrogens (tertiary/aromatic N) is 4. The van der Waals surface area contributed by atoms with Gasteiger partial charge in [-0.25, -0.2) is 15.0 Å². The normalized spacial score (nSPS) is 18.6. The van der Waals surface area contributed by atoms with Crippen LogP contribution in [0.25, 0.3) is 10.3 Å². The standard InChI is InChI=1S/C23H31N5OS/c1-15-10-19(11-22(25-15)29-4)13-24-12-18-6-5-9-28(14-18)16(2)20-7-8-21-23(27-20)26-17(3)30-21/h7-8,10-11,16,18,24H,5-6,9,12-14H2,1-4H3/t16?,18-/m1/s1. The van der Waals surface area contributed by atoms with E-state index < -0.39 is 0 Å². The highest BCUT2D eigenvalue weighted by atomic mass is 32.1. The molecule has 1 fully saturated rings. The molecule has 0 aromatic carbocycles. The van der Waals surface area contributed by atoms with Crippen molar-refractivity contribution >= 4 is 21.7 Å². The Hall–Kier alpha value is -2.09. The predicted octanol–water partition coefficient (Wildman–Crippen LogP) is 4.27. The number of ether oxygens (including phenoxy) is 1. The number of aromatic nitrogens is 3. The van der Waals surface area contributed by atoms with Crippen molar-refractivity contribution in [3.05, 3.63) is 46.2 Å². The van der Waals surface area contributed by atoms with Crippen molar-refractivity contribution in [2.24, 2.45) is 5.92 Å². The largest absolute Gasteiger partial charge is 0.481 e. The van der Waals surface area contributed by atoms with Crippen LogP contribution in [0.5, 0.6) is 5.88 Å². The summed E-state index contributed by atoms with van der Waals surface area (Å²) in [5, 5.41) is 4.72. The molecule has 1 aliphatic rings. The van der Waals surface area contributed by atoms with Gasteiger partial charge >= 0.3 is 0 Å². The topological polar surface area (TPSA) is 63.2 Å². The van der Waals surface area contributed by atoms with E-state index in [4.69, 9.17) is 9.72 Å². The second-order valence-corrected chi connectivity index (χ2v) is 9.49. The smallest absolute Gasteiger partial charge is 0.213 e. The Labute approximate surface area is 182 Å². The van der Waals surface area contributed by atoms with Gasteiger partial charge in [0.15, 0.2) is 5.65 Å². The monoisotopic (exact) mass is 425 g/mol. The Morgan fingerprint density at radius 2 is 2.10 bits per heavy atom. The Morgan fingerprint density at radius 1 is 1.23 bits per heavy atom. The number of fused-ring (bicyclic) bond motifs is 1. The minimum atomic E-state index is 0.311. The van der Waals surface area contributed by atoms with Gasteiger partial charge in [0.25, 0.3) is 0 Å². The third-order valence-electron chi connectivity index (χ3n) is 5.87. The molecule has 1 N–H and O–H groups in total. The van der Waals surface area contributed by atoms with Crippen molar-refractivity contribution in [1.29, 1.82) is 0 Å². The van der Waals surface area contributed by atoms with Gasteiger partial charge in [0, 0.05) is 30.9 Å². The van der Waals surface area contributed by atoms with Gasteiger partial charge in [0.1, 0.15) is 0 Å². The summed E-state index contributed by atoms with van der Waals surface area (Å²) >= 11 is 1.71. The highest BCUT2D eigenvalue weighted by Crippen LogP contribution is 2.28. The van der Waals surface area contributed by atoms with E-state index in [0.29, 0.717) is 17.8 Å². The van der Waals surface area contributed by atoms with Crippen molar-refractivity contribution in [2.45, 2.75) is 46.2 Å². The number of hydrogen-bond acceptors (Lipinski definition) is 7. The molecule has 0 spiro atoms. The predicted molar refractivity (Wildman–Crippen MR) is 122 cm³/mol. The molecule has 4 rings (SSSR count). The zero-order valence-corrected chi connectivity index (χ0v) is 19.1. The highest BCUT2D eigenvalue weighted by molar-refractivity contribution is 7.18. The summed E-state index contributed by atoms with van der Waals surface area (Å²) in [6.45, 7) is 10.4. The summed E-state index contributed by atoms with van der Waals surface area (Å²) < 4.78 is 6.46. The van der Waals surface area contributed by atoms with E-state index in [-0.39, 0.29) is 0 Å². The number of pyridine rings is 2. The van der Waals surface area contributed by atoms with Crippen molar-refractivity contribution in [2.75, 3.05) is 26.7 Å². The second kappa shape index (κ2) is 9.37. The molecule has 0 bridgehead atoms. The van der Waals surface area contributed by atoms with E-state index in [0.717, 1.165) is 48.2 Å². The number of likely N-dealkylation sites (tertiary alicyclic amines) is 1. The molecule has 1 unspecified atom stereocenters. The summed E-state index contributed by atoms with van der Waals surface area (Å²) in [6, 6.07) is 8.79. The van der Waals surface area contributed by atoms with E-state index in [1.165, 1.54) is 23.1 Å². The molecule has 1 aliphatic heterocycles. The molecule has 0 radical (unpaired) electrons. The Morgan fingerprint density at radius 3 is 2.93 bits per heavy atom. The number of aryl methyl sites for hydroxylation is 2. The molecule has 0 aliphatic carbocycles. The van der Waals surface area contributed by atoms with Crippen LogP contribution in [0, 0.1) is 19.8 Å². The van der Waals surface area contributed by atoms with E-state index in [2.05, 4.69) is 45.3 Å². The van der Waals surface area contributed by atoms with Crippen LogP contribution in [0.2, 0.25) is 0 Å². The van der Waals surface area contributed by atoms with Crippen LogP contribution in [0.15, 0.2) is 24.3 Å². The maximum absolute atomic E-state index is 5.29. The Bertz CT molecular complexity index is 1000. The van der Waals surface area contributed by atoms with Gasteiger partial charge in [0.05, 0.1) is 22.5 Å².